The van der Waals surface area contributed by atoms with Gasteiger partial charge >= 0.3 is 5.97 Å². The maximum atomic E-state index is 11.2. The van der Waals surface area contributed by atoms with E-state index in [1.807, 2.05) is 0 Å². The van der Waals surface area contributed by atoms with E-state index in [1.165, 1.54) is 0 Å². The third-order valence-electron chi connectivity index (χ3n) is 3.30. The lowest BCUT2D eigenvalue weighted by molar-refractivity contribution is -0.145. The normalized spacial score (nSPS) is 23.9. The fourth-order valence-electron chi connectivity index (χ4n) is 2.09. The van der Waals surface area contributed by atoms with E-state index < -0.39 is 5.97 Å². The molecular formula is C12H24N2O2. The third-order valence-corrected chi connectivity index (χ3v) is 3.30. The molecule has 1 unspecified atom stereocenters. The molecule has 0 amide bonds. The summed E-state index contributed by atoms with van der Waals surface area (Å²) in [4.78, 5) is 15.5. The van der Waals surface area contributed by atoms with Crippen molar-refractivity contribution in [1.82, 2.24) is 9.80 Å². The molecule has 0 aromatic rings. The first kappa shape index (κ1) is 13.5. The van der Waals surface area contributed by atoms with Gasteiger partial charge in [0.05, 0.1) is 0 Å². The Kier molecular flexibility index (Phi) is 5.22. The topological polar surface area (TPSA) is 43.8 Å². The summed E-state index contributed by atoms with van der Waals surface area (Å²) in [7, 11) is 0. The monoisotopic (exact) mass is 228 g/mol. The van der Waals surface area contributed by atoms with Gasteiger partial charge in [-0.05, 0) is 25.4 Å². The zero-order chi connectivity index (χ0) is 12.1. The van der Waals surface area contributed by atoms with E-state index in [9.17, 15) is 9.90 Å². The number of rotatable bonds is 5. The molecule has 0 bridgehead atoms. The highest BCUT2D eigenvalue weighted by atomic mass is 16.4. The highest BCUT2D eigenvalue weighted by Crippen LogP contribution is 2.12. The fourth-order valence-corrected chi connectivity index (χ4v) is 2.09. The Labute approximate surface area is 98.2 Å². The van der Waals surface area contributed by atoms with Gasteiger partial charge in [0.15, 0.2) is 0 Å². The van der Waals surface area contributed by atoms with Crippen molar-refractivity contribution in [3.8, 4) is 0 Å². The highest BCUT2D eigenvalue weighted by Gasteiger charge is 2.31. The molecule has 1 aliphatic rings. The van der Waals surface area contributed by atoms with Crippen molar-refractivity contribution in [1.29, 1.82) is 0 Å². The molecule has 94 valence electrons. The van der Waals surface area contributed by atoms with Crippen molar-refractivity contribution in [2.24, 2.45) is 5.92 Å². The molecule has 1 N–H and O–H groups in total. The average Bonchev–Trinajstić information content (AvgIpc) is 2.25. The molecule has 1 saturated heterocycles. The van der Waals surface area contributed by atoms with Crippen LogP contribution in [0.15, 0.2) is 0 Å². The lowest BCUT2D eigenvalue weighted by Gasteiger charge is -2.39. The van der Waals surface area contributed by atoms with Gasteiger partial charge in [-0.1, -0.05) is 20.8 Å². The molecule has 0 radical (unpaired) electrons. The van der Waals surface area contributed by atoms with Gasteiger partial charge in [-0.15, -0.1) is 0 Å². The van der Waals surface area contributed by atoms with Gasteiger partial charge < -0.3 is 10.0 Å². The molecule has 4 nitrogen and oxygen atoms in total. The number of aliphatic carboxylic acids is 1. The first-order valence-electron chi connectivity index (χ1n) is 6.23. The molecule has 1 heterocycles. The molecule has 1 aliphatic heterocycles. The van der Waals surface area contributed by atoms with Crippen molar-refractivity contribution < 1.29 is 9.90 Å². The van der Waals surface area contributed by atoms with Gasteiger partial charge in [0.1, 0.15) is 6.04 Å². The van der Waals surface area contributed by atoms with Crippen molar-refractivity contribution in [3.05, 3.63) is 0 Å². The maximum absolute atomic E-state index is 11.2. The van der Waals surface area contributed by atoms with Crippen LogP contribution in [0, 0.1) is 5.92 Å². The van der Waals surface area contributed by atoms with Crippen molar-refractivity contribution in [2.45, 2.75) is 33.2 Å². The van der Waals surface area contributed by atoms with E-state index in [0.29, 0.717) is 12.5 Å². The molecular weight excluding hydrogens is 204 g/mol. The fraction of sp³-hybridized carbons (Fsp3) is 0.917. The van der Waals surface area contributed by atoms with Gasteiger partial charge in [0.2, 0.25) is 0 Å². The first-order chi connectivity index (χ1) is 7.54. The van der Waals surface area contributed by atoms with Crippen LogP contribution in [-0.4, -0.2) is 59.6 Å². The van der Waals surface area contributed by atoms with Crippen LogP contribution in [0.25, 0.3) is 0 Å². The molecule has 0 aliphatic carbocycles. The zero-order valence-electron chi connectivity index (χ0n) is 10.6. The minimum atomic E-state index is -0.679. The zero-order valence-corrected chi connectivity index (χ0v) is 10.6. The number of carboxylic acid groups (broad SMARTS) is 1. The average molecular weight is 228 g/mol. The third kappa shape index (κ3) is 3.76. The summed E-state index contributed by atoms with van der Waals surface area (Å²) < 4.78 is 0. The van der Waals surface area contributed by atoms with Crippen LogP contribution in [0.4, 0.5) is 0 Å². The van der Waals surface area contributed by atoms with E-state index in [4.69, 9.17) is 0 Å². The Morgan fingerprint density at radius 3 is 2.62 bits per heavy atom. The Bertz CT molecular complexity index is 231. The summed E-state index contributed by atoms with van der Waals surface area (Å²) in [6.07, 6.45) is 1.08. The first-order valence-corrected chi connectivity index (χ1v) is 6.23. The SMILES string of the molecule is CCN1CCN(CCC(C)C)C(C(=O)O)C1. The van der Waals surface area contributed by atoms with E-state index in [-0.39, 0.29) is 6.04 Å². The number of likely N-dealkylation sites (N-methyl/N-ethyl adjacent to an activating group) is 1. The smallest absolute Gasteiger partial charge is 0.322 e. The second-order valence-electron chi connectivity index (χ2n) is 4.97. The lowest BCUT2D eigenvalue weighted by Crippen LogP contribution is -2.56. The van der Waals surface area contributed by atoms with E-state index in [2.05, 4.69) is 30.6 Å². The van der Waals surface area contributed by atoms with Gasteiger partial charge in [-0.25, -0.2) is 0 Å². The number of nitrogens with zero attached hydrogens (tertiary/aromatic N) is 2. The Hall–Kier alpha value is -0.610. The molecule has 0 spiro atoms. The summed E-state index contributed by atoms with van der Waals surface area (Å²) in [5.74, 6) is -0.0412. The number of hydrogen-bond donors (Lipinski definition) is 1. The van der Waals surface area contributed by atoms with Gasteiger partial charge in [0.25, 0.3) is 0 Å². The molecule has 4 heteroatoms. The lowest BCUT2D eigenvalue weighted by atomic mass is 10.1. The summed E-state index contributed by atoms with van der Waals surface area (Å²) in [6, 6.07) is -0.313. The van der Waals surface area contributed by atoms with Crippen molar-refractivity contribution in [2.75, 3.05) is 32.7 Å². The standard InChI is InChI=1S/C12H24N2O2/c1-4-13-7-8-14(6-5-10(2)3)11(9-13)12(15)16/h10-11H,4-9H2,1-3H3,(H,15,16). The molecule has 1 fully saturated rings. The van der Waals surface area contributed by atoms with Crippen molar-refractivity contribution >= 4 is 5.97 Å². The Balaban J connectivity index is 2.51. The minimum Gasteiger partial charge on any atom is -0.480 e. The molecule has 16 heavy (non-hydrogen) atoms. The van der Waals surface area contributed by atoms with E-state index in [0.717, 1.165) is 32.6 Å². The predicted molar refractivity (Wildman–Crippen MR) is 64.6 cm³/mol. The quantitative estimate of drug-likeness (QED) is 0.766. The summed E-state index contributed by atoms with van der Waals surface area (Å²) >= 11 is 0. The van der Waals surface area contributed by atoms with Gasteiger partial charge in [-0.3, -0.25) is 9.69 Å². The highest BCUT2D eigenvalue weighted by molar-refractivity contribution is 5.74. The van der Waals surface area contributed by atoms with Crippen LogP contribution in [0.3, 0.4) is 0 Å². The number of carboxylic acids is 1. The summed E-state index contributed by atoms with van der Waals surface area (Å²) in [5, 5.41) is 9.22. The second kappa shape index (κ2) is 6.21. The number of carbonyl (C=O) groups is 1. The van der Waals surface area contributed by atoms with Crippen LogP contribution in [0.1, 0.15) is 27.2 Å². The van der Waals surface area contributed by atoms with Crippen LogP contribution in [0.2, 0.25) is 0 Å². The number of piperazine rings is 1. The number of hydrogen-bond acceptors (Lipinski definition) is 3. The second-order valence-corrected chi connectivity index (χ2v) is 4.97. The van der Waals surface area contributed by atoms with Crippen molar-refractivity contribution in [3.63, 3.8) is 0 Å². The molecule has 0 aromatic heterocycles. The Morgan fingerprint density at radius 1 is 1.44 bits per heavy atom. The van der Waals surface area contributed by atoms with Crippen LogP contribution < -0.4 is 0 Å². The molecule has 1 rings (SSSR count). The van der Waals surface area contributed by atoms with Crippen LogP contribution in [0.5, 0.6) is 0 Å². The molecule has 1 atom stereocenters. The molecule has 0 saturated carbocycles. The maximum Gasteiger partial charge on any atom is 0.322 e. The summed E-state index contributed by atoms with van der Waals surface area (Å²) in [5.41, 5.74) is 0. The minimum absolute atomic E-state index is 0.313. The van der Waals surface area contributed by atoms with E-state index >= 15 is 0 Å². The van der Waals surface area contributed by atoms with Crippen LogP contribution in [-0.2, 0) is 4.79 Å². The summed E-state index contributed by atoms with van der Waals surface area (Å²) in [6.45, 7) is 10.9. The van der Waals surface area contributed by atoms with Gasteiger partial charge in [0, 0.05) is 19.6 Å². The van der Waals surface area contributed by atoms with E-state index in [1.54, 1.807) is 0 Å². The Morgan fingerprint density at radius 2 is 2.12 bits per heavy atom. The van der Waals surface area contributed by atoms with Crippen LogP contribution >= 0.6 is 0 Å². The predicted octanol–water partition coefficient (Wildman–Crippen LogP) is 1.12. The molecule has 0 aromatic carbocycles. The largest absolute Gasteiger partial charge is 0.480 e. The van der Waals surface area contributed by atoms with Gasteiger partial charge in [-0.2, -0.15) is 0 Å².